The lowest BCUT2D eigenvalue weighted by atomic mass is 10.3. The third-order valence-electron chi connectivity index (χ3n) is 2.17. The zero-order valence-electron chi connectivity index (χ0n) is 10.0. The number of hydrogen-bond acceptors (Lipinski definition) is 6. The van der Waals surface area contributed by atoms with Crippen LogP contribution in [0.3, 0.4) is 0 Å². The van der Waals surface area contributed by atoms with Gasteiger partial charge in [0.25, 0.3) is 0 Å². The van der Waals surface area contributed by atoms with E-state index in [0.717, 1.165) is 0 Å². The third kappa shape index (κ3) is 5.73. The van der Waals surface area contributed by atoms with Crippen molar-refractivity contribution in [2.75, 3.05) is 19.4 Å². The summed E-state index contributed by atoms with van der Waals surface area (Å²) in [6, 6.07) is 0. The van der Waals surface area contributed by atoms with Crippen molar-refractivity contribution in [3.05, 3.63) is 12.2 Å². The van der Waals surface area contributed by atoms with Crippen molar-refractivity contribution >= 4 is 16.0 Å². The lowest BCUT2D eigenvalue weighted by Gasteiger charge is -2.05. The van der Waals surface area contributed by atoms with Crippen LogP contribution in [-0.4, -0.2) is 49.0 Å². The molecule has 0 spiro atoms. The van der Waals surface area contributed by atoms with Crippen molar-refractivity contribution in [3.8, 4) is 0 Å². The van der Waals surface area contributed by atoms with E-state index in [1.165, 1.54) is 13.4 Å². The van der Waals surface area contributed by atoms with Crippen LogP contribution in [-0.2, 0) is 26.0 Å². The average Bonchev–Trinajstić information content (AvgIpc) is 2.81. The van der Waals surface area contributed by atoms with Crippen molar-refractivity contribution in [3.63, 3.8) is 0 Å². The molecule has 0 radical (unpaired) electrons. The summed E-state index contributed by atoms with van der Waals surface area (Å²) in [4.78, 5) is 14.7. The Balaban J connectivity index is 2.21. The molecule has 1 aromatic rings. The summed E-state index contributed by atoms with van der Waals surface area (Å²) >= 11 is 0. The number of nitrogens with one attached hydrogen (secondary N) is 2. The molecule has 0 aliphatic heterocycles. The summed E-state index contributed by atoms with van der Waals surface area (Å²) in [5, 5.41) is 6.28. The van der Waals surface area contributed by atoms with Gasteiger partial charge >= 0.3 is 5.97 Å². The van der Waals surface area contributed by atoms with Gasteiger partial charge in [0.1, 0.15) is 12.2 Å². The van der Waals surface area contributed by atoms with Gasteiger partial charge in [0.05, 0.1) is 12.9 Å². The SMILES string of the molecule is COC(=O)CCCS(=O)(=O)NCCc1ncn[nH]1. The van der Waals surface area contributed by atoms with E-state index in [1.807, 2.05) is 0 Å². The van der Waals surface area contributed by atoms with Crippen LogP contribution in [0.25, 0.3) is 0 Å². The van der Waals surface area contributed by atoms with Gasteiger partial charge in [-0.1, -0.05) is 0 Å². The summed E-state index contributed by atoms with van der Waals surface area (Å²) in [6.45, 7) is 0.246. The highest BCUT2D eigenvalue weighted by atomic mass is 32.2. The topological polar surface area (TPSA) is 114 Å². The average molecular weight is 276 g/mol. The molecule has 8 nitrogen and oxygen atoms in total. The number of aromatic nitrogens is 3. The Kier molecular flexibility index (Phi) is 5.72. The van der Waals surface area contributed by atoms with Gasteiger partial charge in [-0.2, -0.15) is 5.10 Å². The van der Waals surface area contributed by atoms with Gasteiger partial charge in [-0.15, -0.1) is 0 Å². The van der Waals surface area contributed by atoms with Gasteiger partial charge in [-0.05, 0) is 6.42 Å². The summed E-state index contributed by atoms with van der Waals surface area (Å²) in [7, 11) is -2.09. The maximum Gasteiger partial charge on any atom is 0.305 e. The van der Waals surface area contributed by atoms with E-state index >= 15 is 0 Å². The number of esters is 1. The van der Waals surface area contributed by atoms with E-state index < -0.39 is 16.0 Å². The van der Waals surface area contributed by atoms with Crippen molar-refractivity contribution < 1.29 is 17.9 Å². The molecule has 0 saturated heterocycles. The molecule has 0 atom stereocenters. The maximum absolute atomic E-state index is 11.5. The van der Waals surface area contributed by atoms with Gasteiger partial charge in [0.15, 0.2) is 0 Å². The molecular weight excluding hydrogens is 260 g/mol. The van der Waals surface area contributed by atoms with Crippen LogP contribution >= 0.6 is 0 Å². The van der Waals surface area contributed by atoms with Crippen molar-refractivity contribution in [2.24, 2.45) is 0 Å². The monoisotopic (exact) mass is 276 g/mol. The first-order valence-corrected chi connectivity index (χ1v) is 7.07. The van der Waals surface area contributed by atoms with Gasteiger partial charge in [0.2, 0.25) is 10.0 Å². The summed E-state index contributed by atoms with van der Waals surface area (Å²) < 4.78 is 29.9. The molecule has 102 valence electrons. The molecule has 0 aromatic carbocycles. The lowest BCUT2D eigenvalue weighted by molar-refractivity contribution is -0.140. The number of carbonyl (C=O) groups excluding carboxylic acids is 1. The highest BCUT2D eigenvalue weighted by Crippen LogP contribution is 1.97. The summed E-state index contributed by atoms with van der Waals surface area (Å²) in [5.41, 5.74) is 0. The number of sulfonamides is 1. The molecule has 18 heavy (non-hydrogen) atoms. The quantitative estimate of drug-likeness (QED) is 0.602. The second kappa shape index (κ2) is 7.07. The van der Waals surface area contributed by atoms with Gasteiger partial charge in [-0.3, -0.25) is 9.89 Å². The predicted octanol–water partition coefficient (Wildman–Crippen LogP) is -0.780. The van der Waals surface area contributed by atoms with Crippen molar-refractivity contribution in [2.45, 2.75) is 19.3 Å². The molecule has 1 rings (SSSR count). The normalized spacial score (nSPS) is 11.4. The fraction of sp³-hybridized carbons (Fsp3) is 0.667. The molecule has 0 saturated carbocycles. The van der Waals surface area contributed by atoms with Gasteiger partial charge in [-0.25, -0.2) is 18.1 Å². The van der Waals surface area contributed by atoms with E-state index in [9.17, 15) is 13.2 Å². The molecule has 2 N–H and O–H groups in total. The standard InChI is InChI=1S/C9H16N4O4S/c1-17-9(14)3-2-6-18(15,16)12-5-4-8-10-7-11-13-8/h7,12H,2-6H2,1H3,(H,10,11,13). The predicted molar refractivity (Wildman–Crippen MR) is 63.1 cm³/mol. The van der Waals surface area contributed by atoms with Gasteiger partial charge < -0.3 is 4.74 Å². The van der Waals surface area contributed by atoms with Gasteiger partial charge in [0, 0.05) is 19.4 Å². The Morgan fingerprint density at radius 1 is 1.56 bits per heavy atom. The van der Waals surface area contributed by atoms with E-state index in [4.69, 9.17) is 0 Å². The van der Waals surface area contributed by atoms with Crippen molar-refractivity contribution in [1.29, 1.82) is 0 Å². The van der Waals surface area contributed by atoms with Crippen LogP contribution in [0.2, 0.25) is 0 Å². The Hall–Kier alpha value is -1.48. The Bertz CT molecular complexity index is 457. The highest BCUT2D eigenvalue weighted by molar-refractivity contribution is 7.89. The number of ether oxygens (including phenoxy) is 1. The largest absolute Gasteiger partial charge is 0.469 e. The first-order valence-electron chi connectivity index (χ1n) is 5.42. The third-order valence-corrected chi connectivity index (χ3v) is 3.64. The number of nitrogens with zero attached hydrogens (tertiary/aromatic N) is 2. The molecule has 0 unspecified atom stereocenters. The van der Waals surface area contributed by atoms with Crippen LogP contribution in [0.4, 0.5) is 0 Å². The Morgan fingerprint density at radius 3 is 2.94 bits per heavy atom. The smallest absolute Gasteiger partial charge is 0.305 e. The van der Waals surface area contributed by atoms with Crippen molar-refractivity contribution in [1.82, 2.24) is 19.9 Å². The van der Waals surface area contributed by atoms with Crippen LogP contribution in [0.15, 0.2) is 6.33 Å². The Morgan fingerprint density at radius 2 is 2.33 bits per heavy atom. The first-order chi connectivity index (χ1) is 8.53. The maximum atomic E-state index is 11.5. The van der Waals surface area contributed by atoms with Crippen LogP contribution in [0.1, 0.15) is 18.7 Å². The zero-order chi connectivity index (χ0) is 13.4. The van der Waals surface area contributed by atoms with Crippen LogP contribution < -0.4 is 4.72 Å². The number of aromatic amines is 1. The molecule has 1 aromatic heterocycles. The minimum absolute atomic E-state index is 0.0967. The second-order valence-electron chi connectivity index (χ2n) is 3.58. The molecule has 0 bridgehead atoms. The minimum Gasteiger partial charge on any atom is -0.469 e. The van der Waals surface area contributed by atoms with Crippen LogP contribution in [0.5, 0.6) is 0 Å². The number of carbonyl (C=O) groups is 1. The second-order valence-corrected chi connectivity index (χ2v) is 5.50. The molecular formula is C9H16N4O4S. The molecule has 0 aliphatic carbocycles. The zero-order valence-corrected chi connectivity index (χ0v) is 10.9. The minimum atomic E-state index is -3.36. The van der Waals surface area contributed by atoms with E-state index in [1.54, 1.807) is 0 Å². The fourth-order valence-corrected chi connectivity index (χ4v) is 2.34. The van der Waals surface area contributed by atoms with E-state index in [2.05, 4.69) is 24.6 Å². The molecule has 0 amide bonds. The first kappa shape index (κ1) is 14.6. The molecule has 9 heteroatoms. The molecule has 1 heterocycles. The van der Waals surface area contributed by atoms with E-state index in [-0.39, 0.29) is 25.1 Å². The van der Waals surface area contributed by atoms with E-state index in [0.29, 0.717) is 12.2 Å². The fourth-order valence-electron chi connectivity index (χ4n) is 1.26. The number of rotatable bonds is 8. The summed E-state index contributed by atoms with van der Waals surface area (Å²) in [5.74, 6) is 0.109. The number of hydrogen-bond donors (Lipinski definition) is 2. The molecule has 0 aliphatic rings. The highest BCUT2D eigenvalue weighted by Gasteiger charge is 2.11. The number of H-pyrrole nitrogens is 1. The lowest BCUT2D eigenvalue weighted by Crippen LogP contribution is -2.28. The van der Waals surface area contributed by atoms with Crippen LogP contribution in [0, 0.1) is 0 Å². The Labute approximate surface area is 105 Å². The number of methoxy groups -OCH3 is 1. The summed E-state index contributed by atoms with van der Waals surface area (Å²) in [6.07, 6.45) is 2.14. The molecule has 0 fully saturated rings.